The predicted octanol–water partition coefficient (Wildman–Crippen LogP) is 3.75. The summed E-state index contributed by atoms with van der Waals surface area (Å²) in [5, 5.41) is 6.96. The minimum absolute atomic E-state index is 0.0590. The lowest BCUT2D eigenvalue weighted by atomic mass is 9.85. The zero-order valence-corrected chi connectivity index (χ0v) is 16.0. The molecular formula is C21H26N2O2S. The van der Waals surface area contributed by atoms with Crippen molar-refractivity contribution in [2.75, 3.05) is 13.2 Å². The summed E-state index contributed by atoms with van der Waals surface area (Å²) in [4.78, 5) is 14.7. The average Bonchev–Trinajstić information content (AvgIpc) is 3.06. The summed E-state index contributed by atoms with van der Waals surface area (Å²) in [7, 11) is 0. The second kappa shape index (κ2) is 7.91. The zero-order chi connectivity index (χ0) is 17.9. The molecule has 0 unspecified atom stereocenters. The van der Waals surface area contributed by atoms with E-state index in [1.165, 1.54) is 10.4 Å². The summed E-state index contributed by atoms with van der Waals surface area (Å²) in [6, 6.07) is 13.5. The maximum absolute atomic E-state index is 12.7. The van der Waals surface area contributed by atoms with Gasteiger partial charge in [0.1, 0.15) is 0 Å². The SMILES string of the molecule is Cc1cc(C(=O)N[C@H]2CC[C@H]2NC2CCOCC2)sc1-c1ccccc1. The number of hydrogen-bond donors (Lipinski definition) is 2. The van der Waals surface area contributed by atoms with Gasteiger partial charge in [0.25, 0.3) is 5.91 Å². The first kappa shape index (κ1) is 17.7. The third kappa shape index (κ3) is 3.85. The van der Waals surface area contributed by atoms with Crippen molar-refractivity contribution < 1.29 is 9.53 Å². The molecular weight excluding hydrogens is 344 g/mol. The van der Waals surface area contributed by atoms with Crippen molar-refractivity contribution in [2.24, 2.45) is 0 Å². The molecule has 0 bridgehead atoms. The Labute approximate surface area is 159 Å². The fourth-order valence-electron chi connectivity index (χ4n) is 3.75. The molecule has 2 heterocycles. The number of rotatable bonds is 5. The Bertz CT molecular complexity index is 753. The smallest absolute Gasteiger partial charge is 0.261 e. The van der Waals surface area contributed by atoms with Crippen LogP contribution in [0.15, 0.2) is 36.4 Å². The van der Waals surface area contributed by atoms with E-state index >= 15 is 0 Å². The summed E-state index contributed by atoms with van der Waals surface area (Å²) < 4.78 is 5.42. The van der Waals surface area contributed by atoms with Gasteiger partial charge in [-0.25, -0.2) is 0 Å². The van der Waals surface area contributed by atoms with Gasteiger partial charge in [-0.05, 0) is 49.8 Å². The third-order valence-electron chi connectivity index (χ3n) is 5.44. The number of hydrogen-bond acceptors (Lipinski definition) is 4. The lowest BCUT2D eigenvalue weighted by Gasteiger charge is -2.40. The number of carbonyl (C=O) groups excluding carboxylic acids is 1. The molecule has 1 aromatic carbocycles. The van der Waals surface area contributed by atoms with Crippen molar-refractivity contribution in [1.82, 2.24) is 10.6 Å². The Balaban J connectivity index is 1.37. The molecule has 2 N–H and O–H groups in total. The van der Waals surface area contributed by atoms with Gasteiger partial charge >= 0.3 is 0 Å². The number of benzene rings is 1. The Morgan fingerprint density at radius 2 is 1.81 bits per heavy atom. The van der Waals surface area contributed by atoms with Crippen LogP contribution in [0, 0.1) is 6.92 Å². The molecule has 0 radical (unpaired) electrons. The number of nitrogens with one attached hydrogen (secondary N) is 2. The lowest BCUT2D eigenvalue weighted by Crippen LogP contribution is -2.59. The largest absolute Gasteiger partial charge is 0.381 e. The fourth-order valence-corrected chi connectivity index (χ4v) is 4.83. The van der Waals surface area contributed by atoms with Crippen LogP contribution in [0.2, 0.25) is 0 Å². The van der Waals surface area contributed by atoms with Crippen molar-refractivity contribution >= 4 is 17.2 Å². The van der Waals surface area contributed by atoms with Crippen molar-refractivity contribution in [3.8, 4) is 10.4 Å². The van der Waals surface area contributed by atoms with Gasteiger partial charge in [0.15, 0.2) is 0 Å². The van der Waals surface area contributed by atoms with E-state index in [2.05, 4.69) is 29.7 Å². The summed E-state index contributed by atoms with van der Waals surface area (Å²) in [6.07, 6.45) is 4.34. The first-order chi connectivity index (χ1) is 12.7. The predicted molar refractivity (Wildman–Crippen MR) is 106 cm³/mol. The molecule has 1 saturated carbocycles. The molecule has 138 valence electrons. The Hall–Kier alpha value is -1.69. The highest BCUT2D eigenvalue weighted by atomic mass is 32.1. The number of amides is 1. The molecule has 2 atom stereocenters. The molecule has 2 fully saturated rings. The maximum atomic E-state index is 12.7. The fraction of sp³-hybridized carbons (Fsp3) is 0.476. The van der Waals surface area contributed by atoms with E-state index in [0.29, 0.717) is 12.1 Å². The second-order valence-corrected chi connectivity index (χ2v) is 8.36. The summed E-state index contributed by atoms with van der Waals surface area (Å²) in [6.45, 7) is 3.77. The highest BCUT2D eigenvalue weighted by molar-refractivity contribution is 7.17. The Morgan fingerprint density at radius 1 is 1.08 bits per heavy atom. The van der Waals surface area contributed by atoms with E-state index in [4.69, 9.17) is 4.74 Å². The maximum Gasteiger partial charge on any atom is 0.261 e. The van der Waals surface area contributed by atoms with E-state index in [9.17, 15) is 4.79 Å². The second-order valence-electron chi connectivity index (χ2n) is 7.31. The van der Waals surface area contributed by atoms with Crippen LogP contribution in [0.5, 0.6) is 0 Å². The van der Waals surface area contributed by atoms with E-state index < -0.39 is 0 Å². The van der Waals surface area contributed by atoms with Gasteiger partial charge in [-0.1, -0.05) is 30.3 Å². The van der Waals surface area contributed by atoms with Gasteiger partial charge < -0.3 is 15.4 Å². The van der Waals surface area contributed by atoms with Crippen LogP contribution in [-0.2, 0) is 4.74 Å². The van der Waals surface area contributed by atoms with E-state index in [-0.39, 0.29) is 11.9 Å². The van der Waals surface area contributed by atoms with Crippen LogP contribution in [0.1, 0.15) is 40.9 Å². The quantitative estimate of drug-likeness (QED) is 0.843. The monoisotopic (exact) mass is 370 g/mol. The molecule has 1 amide bonds. The first-order valence-corrected chi connectivity index (χ1v) is 10.3. The summed E-state index contributed by atoms with van der Waals surface area (Å²) in [5.41, 5.74) is 2.34. The number of carbonyl (C=O) groups is 1. The zero-order valence-electron chi connectivity index (χ0n) is 15.2. The van der Waals surface area contributed by atoms with Gasteiger partial charge in [0.05, 0.1) is 4.88 Å². The van der Waals surface area contributed by atoms with Crippen LogP contribution < -0.4 is 10.6 Å². The van der Waals surface area contributed by atoms with E-state index in [0.717, 1.165) is 49.3 Å². The summed E-state index contributed by atoms with van der Waals surface area (Å²) in [5.74, 6) is 0.0590. The molecule has 1 aliphatic carbocycles. The molecule has 4 rings (SSSR count). The number of thiophene rings is 1. The molecule has 2 aliphatic rings. The van der Waals surface area contributed by atoms with E-state index in [1.54, 1.807) is 11.3 Å². The van der Waals surface area contributed by atoms with Crippen LogP contribution in [0.3, 0.4) is 0 Å². The number of aryl methyl sites for hydroxylation is 1. The first-order valence-electron chi connectivity index (χ1n) is 9.51. The Morgan fingerprint density at radius 3 is 2.50 bits per heavy atom. The van der Waals surface area contributed by atoms with Crippen LogP contribution in [-0.4, -0.2) is 37.2 Å². The highest BCUT2D eigenvalue weighted by Crippen LogP contribution is 2.32. The molecule has 5 heteroatoms. The van der Waals surface area contributed by atoms with Crippen molar-refractivity contribution in [3.05, 3.63) is 46.8 Å². The Kier molecular flexibility index (Phi) is 5.38. The molecule has 4 nitrogen and oxygen atoms in total. The van der Waals surface area contributed by atoms with Crippen molar-refractivity contribution in [2.45, 2.75) is 50.7 Å². The number of ether oxygens (including phenoxy) is 1. The lowest BCUT2D eigenvalue weighted by molar-refractivity contribution is 0.0653. The summed E-state index contributed by atoms with van der Waals surface area (Å²) >= 11 is 1.59. The molecule has 1 aliphatic heterocycles. The minimum atomic E-state index is 0.0590. The van der Waals surface area contributed by atoms with Gasteiger partial charge in [0.2, 0.25) is 0 Å². The van der Waals surface area contributed by atoms with Crippen LogP contribution in [0.25, 0.3) is 10.4 Å². The van der Waals surface area contributed by atoms with Gasteiger partial charge in [-0.2, -0.15) is 0 Å². The normalized spacial score (nSPS) is 23.4. The molecule has 1 saturated heterocycles. The van der Waals surface area contributed by atoms with Crippen LogP contribution in [0.4, 0.5) is 0 Å². The molecule has 0 spiro atoms. The average molecular weight is 371 g/mol. The van der Waals surface area contributed by atoms with Gasteiger partial charge in [-0.3, -0.25) is 4.79 Å². The minimum Gasteiger partial charge on any atom is -0.381 e. The topological polar surface area (TPSA) is 50.4 Å². The van der Waals surface area contributed by atoms with Crippen LogP contribution >= 0.6 is 11.3 Å². The molecule has 2 aromatic rings. The van der Waals surface area contributed by atoms with Gasteiger partial charge in [0, 0.05) is 36.2 Å². The van der Waals surface area contributed by atoms with Crippen molar-refractivity contribution in [1.29, 1.82) is 0 Å². The third-order valence-corrected chi connectivity index (χ3v) is 6.72. The van der Waals surface area contributed by atoms with E-state index in [1.807, 2.05) is 24.3 Å². The molecule has 1 aromatic heterocycles. The highest BCUT2D eigenvalue weighted by Gasteiger charge is 2.34. The standard InChI is InChI=1S/C21H26N2O2S/c1-14-13-19(26-20(14)15-5-3-2-4-6-15)21(24)23-18-8-7-17(18)22-16-9-11-25-12-10-16/h2-6,13,16-18,22H,7-12H2,1H3,(H,23,24)/t17-,18+/m1/s1. The van der Waals surface area contributed by atoms with Gasteiger partial charge in [-0.15, -0.1) is 11.3 Å². The molecule has 26 heavy (non-hydrogen) atoms. The van der Waals surface area contributed by atoms with Crippen molar-refractivity contribution in [3.63, 3.8) is 0 Å².